The fourth-order valence-corrected chi connectivity index (χ4v) is 2.84. The van der Waals surface area contributed by atoms with Gasteiger partial charge in [0.1, 0.15) is 0 Å². The van der Waals surface area contributed by atoms with Crippen LogP contribution >= 0.6 is 0 Å². The van der Waals surface area contributed by atoms with E-state index in [4.69, 9.17) is 0 Å². The molecule has 2 nitrogen and oxygen atoms in total. The van der Waals surface area contributed by atoms with Crippen LogP contribution in [0, 0.1) is 0 Å². The first-order valence-corrected chi connectivity index (χ1v) is 5.85. The van der Waals surface area contributed by atoms with Crippen LogP contribution in [0.5, 0.6) is 0 Å². The molecule has 0 spiro atoms. The van der Waals surface area contributed by atoms with Gasteiger partial charge < -0.3 is 10.3 Å². The van der Waals surface area contributed by atoms with E-state index in [1.807, 2.05) is 0 Å². The van der Waals surface area contributed by atoms with Gasteiger partial charge in [-0.25, -0.2) is 0 Å². The lowest BCUT2D eigenvalue weighted by Gasteiger charge is -2.20. The molecular weight excluding hydrogens is 172 g/mol. The van der Waals surface area contributed by atoms with Crippen molar-refractivity contribution in [2.45, 2.75) is 51.1 Å². The molecule has 0 saturated heterocycles. The molecule has 0 amide bonds. The molecule has 14 heavy (non-hydrogen) atoms. The molecule has 76 valence electrons. The first-order chi connectivity index (χ1) is 6.93. The number of nitrogens with one attached hydrogen (secondary N) is 2. The Hall–Kier alpha value is -0.760. The Morgan fingerprint density at radius 1 is 1.07 bits per heavy atom. The second-order valence-corrected chi connectivity index (χ2v) is 4.67. The first-order valence-electron chi connectivity index (χ1n) is 5.85. The van der Waals surface area contributed by atoms with Crippen LogP contribution in [-0.4, -0.2) is 4.98 Å². The number of hydrogen-bond acceptors (Lipinski definition) is 1. The molecule has 2 heterocycles. The smallest absolute Gasteiger partial charge is 0.0363 e. The predicted octanol–water partition coefficient (Wildman–Crippen LogP) is 2.67. The van der Waals surface area contributed by atoms with Gasteiger partial charge in [-0.15, -0.1) is 0 Å². The van der Waals surface area contributed by atoms with Crippen molar-refractivity contribution in [2.24, 2.45) is 0 Å². The standard InChI is InChI=1S/C12H18N2/c1-2-4-9(5-3-1)11-6-10-7-13-8-12(10)14-11/h6,9,13-14H,1-5,7-8H2. The van der Waals surface area contributed by atoms with E-state index < -0.39 is 0 Å². The lowest BCUT2D eigenvalue weighted by Crippen LogP contribution is -2.07. The van der Waals surface area contributed by atoms with E-state index in [1.165, 1.54) is 49.1 Å². The number of aromatic nitrogens is 1. The summed E-state index contributed by atoms with van der Waals surface area (Å²) in [6.45, 7) is 2.11. The lowest BCUT2D eigenvalue weighted by molar-refractivity contribution is 0.437. The highest BCUT2D eigenvalue weighted by molar-refractivity contribution is 5.30. The van der Waals surface area contributed by atoms with Gasteiger partial charge >= 0.3 is 0 Å². The summed E-state index contributed by atoms with van der Waals surface area (Å²) in [5.41, 5.74) is 4.45. The van der Waals surface area contributed by atoms with E-state index in [0.29, 0.717) is 0 Å². The summed E-state index contributed by atoms with van der Waals surface area (Å²) >= 11 is 0. The molecule has 0 unspecified atom stereocenters. The molecule has 1 fully saturated rings. The summed E-state index contributed by atoms with van der Waals surface area (Å²) in [4.78, 5) is 3.60. The van der Waals surface area contributed by atoms with Crippen molar-refractivity contribution >= 4 is 0 Å². The van der Waals surface area contributed by atoms with Crippen LogP contribution < -0.4 is 5.32 Å². The number of H-pyrrole nitrogens is 1. The van der Waals surface area contributed by atoms with Gasteiger partial charge in [-0.3, -0.25) is 0 Å². The Morgan fingerprint density at radius 3 is 2.71 bits per heavy atom. The van der Waals surface area contributed by atoms with Gasteiger partial charge in [0, 0.05) is 24.5 Å². The van der Waals surface area contributed by atoms with Crippen molar-refractivity contribution in [1.82, 2.24) is 10.3 Å². The maximum atomic E-state index is 3.60. The minimum Gasteiger partial charge on any atom is -0.361 e. The van der Waals surface area contributed by atoms with Crippen LogP contribution in [0.2, 0.25) is 0 Å². The lowest BCUT2D eigenvalue weighted by atomic mass is 9.87. The van der Waals surface area contributed by atoms with Crippen molar-refractivity contribution in [2.75, 3.05) is 0 Å². The van der Waals surface area contributed by atoms with E-state index in [9.17, 15) is 0 Å². The molecule has 2 N–H and O–H groups in total. The average Bonchev–Trinajstić information content (AvgIpc) is 2.78. The van der Waals surface area contributed by atoms with Crippen LogP contribution in [0.3, 0.4) is 0 Å². The Bertz CT molecular complexity index is 300. The summed E-state index contributed by atoms with van der Waals surface area (Å²) in [6, 6.07) is 2.39. The van der Waals surface area contributed by atoms with Crippen molar-refractivity contribution < 1.29 is 0 Å². The topological polar surface area (TPSA) is 27.8 Å². The molecule has 2 heteroatoms. The van der Waals surface area contributed by atoms with Gasteiger partial charge in [0.25, 0.3) is 0 Å². The normalized spacial score (nSPS) is 22.6. The van der Waals surface area contributed by atoms with E-state index in [1.54, 1.807) is 0 Å². The number of hydrogen-bond donors (Lipinski definition) is 2. The molecular formula is C12H18N2. The SMILES string of the molecule is c1c(C2CCCCC2)[nH]c2c1CNC2. The van der Waals surface area contributed by atoms with Gasteiger partial charge in [-0.05, 0) is 30.4 Å². The molecule has 0 radical (unpaired) electrons. The van der Waals surface area contributed by atoms with Gasteiger partial charge in [0.05, 0.1) is 0 Å². The quantitative estimate of drug-likeness (QED) is 0.700. The van der Waals surface area contributed by atoms with Crippen LogP contribution in [0.4, 0.5) is 0 Å². The fraction of sp³-hybridized carbons (Fsp3) is 0.667. The van der Waals surface area contributed by atoms with Crippen LogP contribution in [0.25, 0.3) is 0 Å². The summed E-state index contributed by atoms with van der Waals surface area (Å²) in [5.74, 6) is 0.828. The summed E-state index contributed by atoms with van der Waals surface area (Å²) in [7, 11) is 0. The molecule has 1 aliphatic heterocycles. The van der Waals surface area contributed by atoms with Crippen molar-refractivity contribution in [1.29, 1.82) is 0 Å². The third-order valence-electron chi connectivity index (χ3n) is 3.67. The Kier molecular flexibility index (Phi) is 2.09. The number of rotatable bonds is 1. The zero-order valence-corrected chi connectivity index (χ0v) is 8.60. The second kappa shape index (κ2) is 3.43. The molecule has 1 aromatic rings. The zero-order valence-electron chi connectivity index (χ0n) is 8.60. The van der Waals surface area contributed by atoms with Gasteiger partial charge in [0.2, 0.25) is 0 Å². The van der Waals surface area contributed by atoms with Gasteiger partial charge in [-0.1, -0.05) is 19.3 Å². The Balaban J connectivity index is 1.82. The summed E-state index contributed by atoms with van der Waals surface area (Å²) in [5, 5.41) is 3.37. The average molecular weight is 190 g/mol. The molecule has 1 aliphatic carbocycles. The molecule has 0 bridgehead atoms. The maximum absolute atomic E-state index is 3.60. The molecule has 1 aromatic heterocycles. The van der Waals surface area contributed by atoms with E-state index >= 15 is 0 Å². The molecule has 1 saturated carbocycles. The summed E-state index contributed by atoms with van der Waals surface area (Å²) in [6.07, 6.45) is 7.08. The van der Waals surface area contributed by atoms with E-state index in [-0.39, 0.29) is 0 Å². The Morgan fingerprint density at radius 2 is 1.93 bits per heavy atom. The van der Waals surface area contributed by atoms with E-state index in [2.05, 4.69) is 16.4 Å². The van der Waals surface area contributed by atoms with Gasteiger partial charge in [-0.2, -0.15) is 0 Å². The highest BCUT2D eigenvalue weighted by Crippen LogP contribution is 2.33. The van der Waals surface area contributed by atoms with Gasteiger partial charge in [0.15, 0.2) is 0 Å². The highest BCUT2D eigenvalue weighted by Gasteiger charge is 2.20. The molecule has 3 rings (SSSR count). The third-order valence-corrected chi connectivity index (χ3v) is 3.67. The predicted molar refractivity (Wildman–Crippen MR) is 57.2 cm³/mol. The highest BCUT2D eigenvalue weighted by atomic mass is 14.9. The molecule has 2 aliphatic rings. The van der Waals surface area contributed by atoms with Crippen LogP contribution in [-0.2, 0) is 13.1 Å². The van der Waals surface area contributed by atoms with Crippen molar-refractivity contribution in [3.05, 3.63) is 23.0 Å². The van der Waals surface area contributed by atoms with Crippen LogP contribution in [0.15, 0.2) is 6.07 Å². The number of fused-ring (bicyclic) bond motifs is 1. The van der Waals surface area contributed by atoms with Crippen molar-refractivity contribution in [3.63, 3.8) is 0 Å². The van der Waals surface area contributed by atoms with E-state index in [0.717, 1.165) is 19.0 Å². The largest absolute Gasteiger partial charge is 0.361 e. The minimum atomic E-state index is 0.828. The monoisotopic (exact) mass is 190 g/mol. The zero-order chi connectivity index (χ0) is 9.38. The Labute approximate surface area is 85.1 Å². The molecule has 0 atom stereocenters. The van der Waals surface area contributed by atoms with Crippen molar-refractivity contribution in [3.8, 4) is 0 Å². The third kappa shape index (κ3) is 1.38. The second-order valence-electron chi connectivity index (χ2n) is 4.67. The fourth-order valence-electron chi connectivity index (χ4n) is 2.84. The minimum absolute atomic E-state index is 0.828. The van der Waals surface area contributed by atoms with Crippen LogP contribution in [0.1, 0.15) is 55.0 Å². The summed E-state index contributed by atoms with van der Waals surface area (Å²) < 4.78 is 0. The molecule has 0 aromatic carbocycles. The number of aromatic amines is 1. The first kappa shape index (κ1) is 8.54. The maximum Gasteiger partial charge on any atom is 0.0363 e.